The van der Waals surface area contributed by atoms with Crippen LogP contribution in [0.15, 0.2) is 27.1 Å². The normalized spacial score (nSPS) is 8.90. The molecule has 1 aromatic carbocycles. The summed E-state index contributed by atoms with van der Waals surface area (Å²) in [6.45, 7) is 0. The van der Waals surface area contributed by atoms with Crippen LogP contribution in [0.1, 0.15) is 5.56 Å². The number of benzene rings is 1. The van der Waals surface area contributed by atoms with Crippen molar-refractivity contribution in [3.63, 3.8) is 0 Å². The molecule has 0 unspecified atom stereocenters. The van der Waals surface area contributed by atoms with Crippen molar-refractivity contribution in [1.82, 2.24) is 0 Å². The Labute approximate surface area is 75.9 Å². The minimum atomic E-state index is 0.648. The SMILES string of the molecule is N#Cc1cc(Br)ccc1Br. The highest BCUT2D eigenvalue weighted by Gasteiger charge is 1.96. The van der Waals surface area contributed by atoms with Crippen LogP contribution in [0.3, 0.4) is 0 Å². The van der Waals surface area contributed by atoms with E-state index >= 15 is 0 Å². The molecule has 1 rings (SSSR count). The summed E-state index contributed by atoms with van der Waals surface area (Å²) in [5.41, 5.74) is 0.648. The number of nitrogens with zero attached hydrogens (tertiary/aromatic N) is 1. The molecular formula is C7H3Br2N. The first-order valence-electron chi connectivity index (χ1n) is 2.59. The predicted octanol–water partition coefficient (Wildman–Crippen LogP) is 3.08. The smallest absolute Gasteiger partial charge is 0.100 e. The van der Waals surface area contributed by atoms with Crippen LogP contribution in [-0.4, -0.2) is 0 Å². The monoisotopic (exact) mass is 259 g/mol. The van der Waals surface area contributed by atoms with E-state index in [9.17, 15) is 0 Å². The van der Waals surface area contributed by atoms with Crippen molar-refractivity contribution in [2.75, 3.05) is 0 Å². The number of nitriles is 1. The lowest BCUT2D eigenvalue weighted by Gasteiger charge is -1.93. The molecule has 0 N–H and O–H groups in total. The van der Waals surface area contributed by atoms with Gasteiger partial charge in [0.25, 0.3) is 0 Å². The maximum Gasteiger partial charge on any atom is 0.100 e. The maximum atomic E-state index is 8.54. The van der Waals surface area contributed by atoms with E-state index in [0.717, 1.165) is 8.95 Å². The Morgan fingerprint density at radius 3 is 2.50 bits per heavy atom. The molecule has 0 saturated carbocycles. The lowest BCUT2D eigenvalue weighted by atomic mass is 10.2. The molecule has 0 amide bonds. The Morgan fingerprint density at radius 1 is 1.30 bits per heavy atom. The second-order valence-electron chi connectivity index (χ2n) is 1.74. The molecular weight excluding hydrogens is 258 g/mol. The van der Waals surface area contributed by atoms with E-state index < -0.39 is 0 Å². The Hall–Kier alpha value is -0.330. The molecule has 0 heterocycles. The average Bonchev–Trinajstić information content (AvgIpc) is 1.94. The molecule has 50 valence electrons. The van der Waals surface area contributed by atoms with E-state index in [2.05, 4.69) is 37.9 Å². The van der Waals surface area contributed by atoms with Crippen LogP contribution in [0.5, 0.6) is 0 Å². The molecule has 0 aromatic heterocycles. The van der Waals surface area contributed by atoms with Crippen molar-refractivity contribution >= 4 is 31.9 Å². The molecule has 0 saturated heterocycles. The Kier molecular flexibility index (Phi) is 2.47. The van der Waals surface area contributed by atoms with E-state index in [0.29, 0.717) is 5.56 Å². The fourth-order valence-electron chi connectivity index (χ4n) is 0.583. The summed E-state index contributed by atoms with van der Waals surface area (Å²) in [5, 5.41) is 8.54. The Morgan fingerprint density at radius 2 is 2.00 bits per heavy atom. The quantitative estimate of drug-likeness (QED) is 0.703. The minimum absolute atomic E-state index is 0.648. The van der Waals surface area contributed by atoms with Crippen molar-refractivity contribution in [2.45, 2.75) is 0 Å². The first-order valence-corrected chi connectivity index (χ1v) is 4.18. The van der Waals surface area contributed by atoms with Gasteiger partial charge in [0, 0.05) is 8.95 Å². The summed E-state index contributed by atoms with van der Waals surface area (Å²) in [5.74, 6) is 0. The lowest BCUT2D eigenvalue weighted by molar-refractivity contribution is 1.45. The number of rotatable bonds is 0. The molecule has 0 spiro atoms. The highest BCUT2D eigenvalue weighted by Crippen LogP contribution is 2.20. The van der Waals surface area contributed by atoms with E-state index in [1.807, 2.05) is 12.1 Å². The highest BCUT2D eigenvalue weighted by molar-refractivity contribution is 9.11. The molecule has 1 nitrogen and oxygen atoms in total. The highest BCUT2D eigenvalue weighted by atomic mass is 79.9. The Bertz CT molecular complexity index is 288. The van der Waals surface area contributed by atoms with E-state index in [1.165, 1.54) is 0 Å². The van der Waals surface area contributed by atoms with E-state index in [4.69, 9.17) is 5.26 Å². The molecule has 0 aliphatic rings. The predicted molar refractivity (Wildman–Crippen MR) is 46.6 cm³/mol. The van der Waals surface area contributed by atoms with E-state index in [-0.39, 0.29) is 0 Å². The lowest BCUT2D eigenvalue weighted by Crippen LogP contribution is -1.75. The zero-order chi connectivity index (χ0) is 7.56. The van der Waals surface area contributed by atoms with Crippen LogP contribution >= 0.6 is 31.9 Å². The summed E-state index contributed by atoms with van der Waals surface area (Å²) in [7, 11) is 0. The molecule has 0 radical (unpaired) electrons. The largest absolute Gasteiger partial charge is 0.192 e. The molecule has 1 aromatic rings. The third-order valence-electron chi connectivity index (χ3n) is 1.05. The van der Waals surface area contributed by atoms with Gasteiger partial charge in [0.1, 0.15) is 6.07 Å². The Balaban J connectivity index is 3.25. The van der Waals surface area contributed by atoms with Gasteiger partial charge in [-0.2, -0.15) is 5.26 Å². The van der Waals surface area contributed by atoms with Gasteiger partial charge >= 0.3 is 0 Å². The van der Waals surface area contributed by atoms with Gasteiger partial charge < -0.3 is 0 Å². The van der Waals surface area contributed by atoms with Gasteiger partial charge in [-0.05, 0) is 34.1 Å². The summed E-state index contributed by atoms with van der Waals surface area (Å²) < 4.78 is 1.76. The van der Waals surface area contributed by atoms with Gasteiger partial charge in [0.15, 0.2) is 0 Å². The van der Waals surface area contributed by atoms with Crippen LogP contribution in [0.2, 0.25) is 0 Å². The van der Waals surface area contributed by atoms with Crippen LogP contribution in [0.25, 0.3) is 0 Å². The summed E-state index contributed by atoms with van der Waals surface area (Å²) in [6, 6.07) is 7.54. The zero-order valence-electron chi connectivity index (χ0n) is 4.94. The molecule has 0 fully saturated rings. The summed E-state index contributed by atoms with van der Waals surface area (Å²) in [4.78, 5) is 0. The summed E-state index contributed by atoms with van der Waals surface area (Å²) >= 11 is 6.51. The fraction of sp³-hybridized carbons (Fsp3) is 0. The van der Waals surface area contributed by atoms with Crippen LogP contribution in [-0.2, 0) is 0 Å². The van der Waals surface area contributed by atoms with Crippen LogP contribution in [0, 0.1) is 11.3 Å². The third-order valence-corrected chi connectivity index (χ3v) is 2.23. The standard InChI is InChI=1S/C7H3Br2N/c8-6-1-2-7(9)5(3-6)4-10/h1-3H. The molecule has 0 bridgehead atoms. The number of hydrogen-bond donors (Lipinski definition) is 0. The van der Waals surface area contributed by atoms with Crippen molar-refractivity contribution < 1.29 is 0 Å². The van der Waals surface area contributed by atoms with E-state index in [1.54, 1.807) is 6.07 Å². The van der Waals surface area contributed by atoms with Crippen LogP contribution < -0.4 is 0 Å². The number of hydrogen-bond acceptors (Lipinski definition) is 1. The van der Waals surface area contributed by atoms with Crippen molar-refractivity contribution in [2.24, 2.45) is 0 Å². The third kappa shape index (κ3) is 1.59. The topological polar surface area (TPSA) is 23.8 Å². The van der Waals surface area contributed by atoms with Gasteiger partial charge in [0.2, 0.25) is 0 Å². The first kappa shape index (κ1) is 7.77. The summed E-state index contributed by atoms with van der Waals surface area (Å²) in [6.07, 6.45) is 0. The van der Waals surface area contributed by atoms with Crippen molar-refractivity contribution in [3.05, 3.63) is 32.7 Å². The first-order chi connectivity index (χ1) is 4.74. The molecule has 3 heteroatoms. The molecule has 0 atom stereocenters. The second-order valence-corrected chi connectivity index (χ2v) is 3.51. The minimum Gasteiger partial charge on any atom is -0.192 e. The molecule has 10 heavy (non-hydrogen) atoms. The average molecular weight is 261 g/mol. The molecule has 0 aliphatic carbocycles. The van der Waals surface area contributed by atoms with Gasteiger partial charge in [0.05, 0.1) is 5.56 Å². The van der Waals surface area contributed by atoms with Crippen molar-refractivity contribution in [1.29, 1.82) is 5.26 Å². The fourth-order valence-corrected chi connectivity index (χ4v) is 1.28. The number of halogens is 2. The van der Waals surface area contributed by atoms with Crippen molar-refractivity contribution in [3.8, 4) is 6.07 Å². The van der Waals surface area contributed by atoms with Gasteiger partial charge in [-0.1, -0.05) is 15.9 Å². The molecule has 0 aliphatic heterocycles. The van der Waals surface area contributed by atoms with Gasteiger partial charge in [-0.25, -0.2) is 0 Å². The zero-order valence-corrected chi connectivity index (χ0v) is 8.11. The maximum absolute atomic E-state index is 8.54. The second kappa shape index (κ2) is 3.18. The van der Waals surface area contributed by atoms with Gasteiger partial charge in [-0.15, -0.1) is 0 Å². The van der Waals surface area contributed by atoms with Gasteiger partial charge in [-0.3, -0.25) is 0 Å². The van der Waals surface area contributed by atoms with Crippen LogP contribution in [0.4, 0.5) is 0 Å².